The Hall–Kier alpha value is -2.21. The van der Waals surface area contributed by atoms with E-state index in [1.165, 1.54) is 4.58 Å². The van der Waals surface area contributed by atoms with Crippen LogP contribution >= 0.6 is 0 Å². The van der Waals surface area contributed by atoms with Crippen molar-refractivity contribution in [3.05, 3.63) is 29.3 Å². The van der Waals surface area contributed by atoms with Crippen molar-refractivity contribution in [2.24, 2.45) is 0 Å². The maximum atomic E-state index is 12.2. The molecule has 0 aliphatic carbocycles. The average molecular weight is 246 g/mol. The van der Waals surface area contributed by atoms with E-state index in [1.54, 1.807) is 24.4 Å². The van der Waals surface area contributed by atoms with Gasteiger partial charge in [0, 0.05) is 5.69 Å². The number of aliphatic hydroxyl groups is 1. The van der Waals surface area contributed by atoms with Gasteiger partial charge in [0.15, 0.2) is 12.4 Å². The molecule has 2 amide bonds. The van der Waals surface area contributed by atoms with Crippen LogP contribution in [0, 0.1) is 0 Å². The zero-order valence-electron chi connectivity index (χ0n) is 9.46. The molecule has 92 valence electrons. The maximum absolute atomic E-state index is 12.2. The van der Waals surface area contributed by atoms with Crippen LogP contribution in [-0.4, -0.2) is 40.0 Å². The van der Waals surface area contributed by atoms with E-state index in [2.05, 4.69) is 5.32 Å². The maximum Gasteiger partial charge on any atom is 0.420 e. The Balaban J connectivity index is 2.02. The molecule has 6 heteroatoms. The fourth-order valence-electron chi connectivity index (χ4n) is 2.37. The molecule has 1 saturated heterocycles. The van der Waals surface area contributed by atoms with Gasteiger partial charge in [0.2, 0.25) is 11.9 Å². The molecule has 6 nitrogen and oxygen atoms in total. The molecule has 2 heterocycles. The van der Waals surface area contributed by atoms with E-state index in [0.29, 0.717) is 16.8 Å². The summed E-state index contributed by atoms with van der Waals surface area (Å²) in [6, 6.07) is 4.52. The number of carbonyl (C=O) groups excluding carboxylic acids is 2. The van der Waals surface area contributed by atoms with Gasteiger partial charge in [0.05, 0.1) is 12.0 Å². The molecule has 2 aliphatic rings. The molecule has 2 unspecified atom stereocenters. The highest BCUT2D eigenvalue weighted by atomic mass is 16.3. The molecular weight excluding hydrogens is 234 g/mol. The number of amides is 2. The minimum absolute atomic E-state index is 0.0945. The second kappa shape index (κ2) is 3.64. The van der Waals surface area contributed by atoms with Crippen LogP contribution in [-0.2, 0) is 4.79 Å². The van der Waals surface area contributed by atoms with Gasteiger partial charge in [-0.15, -0.1) is 0 Å². The lowest BCUT2D eigenvalue weighted by atomic mass is 10.1. The largest absolute Gasteiger partial charge is 0.420 e. The second-order valence-electron chi connectivity index (χ2n) is 4.43. The van der Waals surface area contributed by atoms with E-state index in [1.807, 2.05) is 0 Å². The number of anilines is 1. The summed E-state index contributed by atoms with van der Waals surface area (Å²) in [5.74, 6) is -0.504. The highest BCUT2D eigenvalue weighted by Gasteiger charge is 2.45. The lowest BCUT2D eigenvalue weighted by Gasteiger charge is -2.07. The molecule has 4 N–H and O–H groups in total. The van der Waals surface area contributed by atoms with Crippen LogP contribution in [0.2, 0.25) is 0 Å². The van der Waals surface area contributed by atoms with E-state index in [4.69, 9.17) is 5.73 Å². The number of hydrogen-bond acceptors (Lipinski definition) is 4. The Morgan fingerprint density at radius 3 is 2.78 bits per heavy atom. The summed E-state index contributed by atoms with van der Waals surface area (Å²) < 4.78 is 1.38. The molecule has 1 aromatic rings. The van der Waals surface area contributed by atoms with Gasteiger partial charge in [-0.05, 0) is 12.1 Å². The molecule has 0 saturated carbocycles. The predicted octanol–water partition coefficient (Wildman–Crippen LogP) is -0.939. The van der Waals surface area contributed by atoms with Crippen LogP contribution < -0.4 is 11.1 Å². The van der Waals surface area contributed by atoms with Crippen molar-refractivity contribution in [3.63, 3.8) is 0 Å². The number of nitrogens with two attached hydrogens (primary N) is 1. The summed E-state index contributed by atoms with van der Waals surface area (Å²) in [7, 11) is 0. The van der Waals surface area contributed by atoms with E-state index in [9.17, 15) is 14.7 Å². The van der Waals surface area contributed by atoms with Gasteiger partial charge in [0.25, 0.3) is 0 Å². The third kappa shape index (κ3) is 1.42. The van der Waals surface area contributed by atoms with E-state index >= 15 is 0 Å². The number of nitrogens with one attached hydrogen (secondary N) is 1. The van der Waals surface area contributed by atoms with Crippen molar-refractivity contribution in [3.8, 4) is 0 Å². The number of rotatable bonds is 1. The number of carbonyl (C=O) groups is 2. The van der Waals surface area contributed by atoms with E-state index in [0.717, 1.165) is 0 Å². The molecule has 1 aromatic carbocycles. The number of nitrogens with zero attached hydrogens (tertiary/aromatic N) is 1. The van der Waals surface area contributed by atoms with Gasteiger partial charge in [-0.25, -0.2) is 4.79 Å². The molecule has 2 aliphatic heterocycles. The lowest BCUT2D eigenvalue weighted by Crippen LogP contribution is -2.40. The van der Waals surface area contributed by atoms with Crippen LogP contribution in [0.15, 0.2) is 18.2 Å². The lowest BCUT2D eigenvalue weighted by molar-refractivity contribution is -0.475. The highest BCUT2D eigenvalue weighted by molar-refractivity contribution is 6.07. The van der Waals surface area contributed by atoms with Gasteiger partial charge < -0.3 is 16.2 Å². The first kappa shape index (κ1) is 10.9. The number of aliphatic hydroxyl groups excluding tert-OH is 1. The summed E-state index contributed by atoms with van der Waals surface area (Å²) in [6.07, 6.45) is 0.659. The first-order chi connectivity index (χ1) is 8.58. The van der Waals surface area contributed by atoms with Gasteiger partial charge in [-0.3, -0.25) is 4.79 Å². The fraction of sp³-hybridized carbons (Fsp3) is 0.250. The van der Waals surface area contributed by atoms with Crippen molar-refractivity contribution in [1.29, 1.82) is 0 Å². The Bertz CT molecular complexity index is 594. The van der Waals surface area contributed by atoms with Crippen molar-refractivity contribution in [1.82, 2.24) is 5.32 Å². The van der Waals surface area contributed by atoms with Crippen LogP contribution in [0.4, 0.5) is 5.69 Å². The molecular formula is C12H12N3O3+. The summed E-state index contributed by atoms with van der Waals surface area (Å²) in [5.41, 5.74) is 7.46. The first-order valence-electron chi connectivity index (χ1n) is 5.61. The molecule has 2 atom stereocenters. The number of fused-ring (bicyclic) bond motifs is 1. The summed E-state index contributed by atoms with van der Waals surface area (Å²) in [4.78, 5) is 23.4. The van der Waals surface area contributed by atoms with Gasteiger partial charge in [-0.2, -0.15) is 4.58 Å². The minimum atomic E-state index is -1.03. The standard InChI is InChI=1S/C12H11N3O3/c13-8-3-1-2-6-7(8)5-15(12(6)18)9-4-10(16)14-11(9)17/h1-3,5,9,11,13,17H,4H2,(H,14,16)/p+1. The number of nitrogen functional groups attached to an aromatic ring is 1. The zero-order valence-corrected chi connectivity index (χ0v) is 9.46. The smallest absolute Gasteiger partial charge is 0.398 e. The quantitative estimate of drug-likeness (QED) is 0.440. The molecule has 0 aromatic heterocycles. The Morgan fingerprint density at radius 2 is 2.17 bits per heavy atom. The Labute approximate surface area is 103 Å². The number of benzene rings is 1. The summed E-state index contributed by atoms with van der Waals surface area (Å²) in [6.45, 7) is 0. The van der Waals surface area contributed by atoms with Crippen LogP contribution in [0.1, 0.15) is 22.3 Å². The van der Waals surface area contributed by atoms with Crippen molar-refractivity contribution in [2.75, 3.05) is 5.73 Å². The SMILES string of the molecule is Nc1cccc2c1C=[N+](C1CC(=O)NC1O)C2=O. The van der Waals surface area contributed by atoms with Crippen molar-refractivity contribution in [2.45, 2.75) is 18.7 Å². The monoisotopic (exact) mass is 246 g/mol. The normalized spacial score (nSPS) is 25.9. The number of hydrogen-bond donors (Lipinski definition) is 3. The minimum Gasteiger partial charge on any atom is -0.398 e. The zero-order chi connectivity index (χ0) is 12.9. The molecule has 1 fully saturated rings. The second-order valence-corrected chi connectivity index (χ2v) is 4.43. The van der Waals surface area contributed by atoms with Gasteiger partial charge in [0.1, 0.15) is 5.56 Å². The summed E-state index contributed by atoms with van der Waals surface area (Å²) >= 11 is 0. The summed E-state index contributed by atoms with van der Waals surface area (Å²) in [5, 5.41) is 12.1. The van der Waals surface area contributed by atoms with E-state index < -0.39 is 12.3 Å². The van der Waals surface area contributed by atoms with Crippen molar-refractivity contribution >= 4 is 23.7 Å². The molecule has 0 radical (unpaired) electrons. The third-order valence-corrected chi connectivity index (χ3v) is 3.30. The van der Waals surface area contributed by atoms with Gasteiger partial charge in [-0.1, -0.05) is 6.07 Å². The van der Waals surface area contributed by atoms with Crippen LogP contribution in [0.5, 0.6) is 0 Å². The molecule has 18 heavy (non-hydrogen) atoms. The Morgan fingerprint density at radius 1 is 1.39 bits per heavy atom. The highest BCUT2D eigenvalue weighted by Crippen LogP contribution is 2.23. The predicted molar refractivity (Wildman–Crippen MR) is 63.2 cm³/mol. The molecule has 3 rings (SSSR count). The van der Waals surface area contributed by atoms with Crippen LogP contribution in [0.3, 0.4) is 0 Å². The van der Waals surface area contributed by atoms with E-state index in [-0.39, 0.29) is 18.2 Å². The topological polar surface area (TPSA) is 95.4 Å². The third-order valence-electron chi connectivity index (χ3n) is 3.30. The molecule has 0 spiro atoms. The molecule has 0 bridgehead atoms. The fourth-order valence-corrected chi connectivity index (χ4v) is 2.37. The Kier molecular flexibility index (Phi) is 2.21. The van der Waals surface area contributed by atoms with Gasteiger partial charge >= 0.3 is 5.91 Å². The first-order valence-corrected chi connectivity index (χ1v) is 5.61. The van der Waals surface area contributed by atoms with Crippen LogP contribution in [0.25, 0.3) is 0 Å². The van der Waals surface area contributed by atoms with Crippen molar-refractivity contribution < 1.29 is 19.3 Å². The average Bonchev–Trinajstić information content (AvgIpc) is 2.81.